The first-order valence-electron chi connectivity index (χ1n) is 7.95. The van der Waals surface area contributed by atoms with Crippen LogP contribution in [0.15, 0.2) is 46.9 Å². The van der Waals surface area contributed by atoms with Gasteiger partial charge in [0.05, 0.1) is 4.47 Å². The maximum Gasteiger partial charge on any atom is 0.276 e. The van der Waals surface area contributed by atoms with E-state index in [0.29, 0.717) is 17.2 Å². The number of halogens is 1. The van der Waals surface area contributed by atoms with Crippen molar-refractivity contribution in [3.63, 3.8) is 0 Å². The summed E-state index contributed by atoms with van der Waals surface area (Å²) in [6.45, 7) is 5.84. The van der Waals surface area contributed by atoms with Gasteiger partial charge in [0.1, 0.15) is 5.75 Å². The minimum absolute atomic E-state index is 0.201. The summed E-state index contributed by atoms with van der Waals surface area (Å²) < 4.78 is 6.27. The average molecular weight is 405 g/mol. The van der Waals surface area contributed by atoms with Crippen molar-refractivity contribution in [2.24, 2.45) is 0 Å². The van der Waals surface area contributed by atoms with Gasteiger partial charge in [-0.05, 0) is 58.1 Å². The second kappa shape index (κ2) is 8.67. The Kier molecular flexibility index (Phi) is 6.58. The summed E-state index contributed by atoms with van der Waals surface area (Å²) in [5.41, 5.74) is 7.25. The van der Waals surface area contributed by atoms with E-state index in [0.717, 1.165) is 10.0 Å². The molecule has 0 aromatic heterocycles. The molecule has 0 bridgehead atoms. The SMILES string of the molecule is Cc1ccccc1C(=O)NNC(=O)COc1ccc(C(C)C)cc1Br. The number of nitrogens with one attached hydrogen (secondary N) is 2. The standard InChI is InChI=1S/C19H21BrN2O3/c1-12(2)14-8-9-17(16(20)10-14)25-11-18(23)21-22-19(24)15-7-5-4-6-13(15)3/h4-10,12H,11H2,1-3H3,(H,21,23)(H,22,24). The lowest BCUT2D eigenvalue weighted by molar-refractivity contribution is -0.123. The van der Waals surface area contributed by atoms with Crippen LogP contribution in [0, 0.1) is 6.92 Å². The summed E-state index contributed by atoms with van der Waals surface area (Å²) >= 11 is 3.44. The molecular formula is C19H21BrN2O3. The summed E-state index contributed by atoms with van der Waals surface area (Å²) in [5.74, 6) is 0.172. The molecule has 5 nitrogen and oxygen atoms in total. The average Bonchev–Trinajstić information content (AvgIpc) is 2.58. The van der Waals surface area contributed by atoms with Gasteiger partial charge in [-0.3, -0.25) is 20.4 Å². The first kappa shape index (κ1) is 19.0. The van der Waals surface area contributed by atoms with E-state index in [1.54, 1.807) is 12.1 Å². The van der Waals surface area contributed by atoms with Gasteiger partial charge < -0.3 is 4.74 Å². The Balaban J connectivity index is 1.85. The predicted molar refractivity (Wildman–Crippen MR) is 101 cm³/mol. The van der Waals surface area contributed by atoms with Gasteiger partial charge in [-0.2, -0.15) is 0 Å². The molecule has 0 aliphatic carbocycles. The van der Waals surface area contributed by atoms with Crippen molar-refractivity contribution in [1.82, 2.24) is 10.9 Å². The lowest BCUT2D eigenvalue weighted by atomic mass is 10.0. The third kappa shape index (κ3) is 5.32. The van der Waals surface area contributed by atoms with Gasteiger partial charge in [0.25, 0.3) is 11.8 Å². The van der Waals surface area contributed by atoms with Crippen LogP contribution in [-0.2, 0) is 4.79 Å². The molecule has 2 aromatic rings. The summed E-state index contributed by atoms with van der Waals surface area (Å²) in [6.07, 6.45) is 0. The van der Waals surface area contributed by atoms with Gasteiger partial charge >= 0.3 is 0 Å². The van der Waals surface area contributed by atoms with Gasteiger partial charge in [0, 0.05) is 5.56 Å². The fraction of sp³-hybridized carbons (Fsp3) is 0.263. The summed E-state index contributed by atoms with van der Waals surface area (Å²) in [7, 11) is 0. The number of hydrogen-bond acceptors (Lipinski definition) is 3. The normalized spacial score (nSPS) is 10.4. The number of rotatable bonds is 5. The van der Waals surface area contributed by atoms with Gasteiger partial charge in [0.15, 0.2) is 6.61 Å². The minimum atomic E-state index is -0.443. The molecule has 2 rings (SSSR count). The Morgan fingerprint density at radius 1 is 1.12 bits per heavy atom. The molecular weight excluding hydrogens is 384 g/mol. The van der Waals surface area contributed by atoms with Crippen LogP contribution in [0.3, 0.4) is 0 Å². The second-order valence-electron chi connectivity index (χ2n) is 5.95. The summed E-state index contributed by atoms with van der Waals surface area (Å²) in [6, 6.07) is 12.9. The fourth-order valence-corrected chi connectivity index (χ4v) is 2.71. The highest BCUT2D eigenvalue weighted by atomic mass is 79.9. The Morgan fingerprint density at radius 3 is 2.48 bits per heavy atom. The van der Waals surface area contributed by atoms with Crippen molar-refractivity contribution in [3.8, 4) is 5.75 Å². The Morgan fingerprint density at radius 2 is 1.84 bits per heavy atom. The predicted octanol–water partition coefficient (Wildman–Crippen LogP) is 3.72. The van der Waals surface area contributed by atoms with Gasteiger partial charge in [-0.1, -0.05) is 38.1 Å². The highest BCUT2D eigenvalue weighted by molar-refractivity contribution is 9.10. The maximum absolute atomic E-state index is 12.0. The third-order valence-corrected chi connectivity index (χ3v) is 4.31. The van der Waals surface area contributed by atoms with Gasteiger partial charge in [-0.15, -0.1) is 0 Å². The molecule has 0 saturated carbocycles. The van der Waals surface area contributed by atoms with Crippen molar-refractivity contribution in [3.05, 3.63) is 63.6 Å². The van der Waals surface area contributed by atoms with Gasteiger partial charge in [-0.25, -0.2) is 0 Å². The highest BCUT2D eigenvalue weighted by Gasteiger charge is 2.11. The number of ether oxygens (including phenoxy) is 1. The van der Waals surface area contributed by atoms with E-state index in [2.05, 4.69) is 40.6 Å². The molecule has 6 heteroatoms. The van der Waals surface area contributed by atoms with Crippen molar-refractivity contribution in [2.45, 2.75) is 26.7 Å². The van der Waals surface area contributed by atoms with E-state index in [-0.39, 0.29) is 12.5 Å². The number of hydrazine groups is 1. The number of amides is 2. The second-order valence-corrected chi connectivity index (χ2v) is 6.80. The summed E-state index contributed by atoms with van der Waals surface area (Å²) in [5, 5.41) is 0. The molecule has 0 unspecified atom stereocenters. The van der Waals surface area contributed by atoms with E-state index in [9.17, 15) is 9.59 Å². The van der Waals surface area contributed by atoms with Crippen LogP contribution in [0.25, 0.3) is 0 Å². The van der Waals surface area contributed by atoms with E-state index in [1.165, 1.54) is 5.56 Å². The van der Waals surface area contributed by atoms with Crippen molar-refractivity contribution in [2.75, 3.05) is 6.61 Å². The van der Waals surface area contributed by atoms with Crippen LogP contribution >= 0.6 is 15.9 Å². The van der Waals surface area contributed by atoms with E-state index < -0.39 is 5.91 Å². The number of benzene rings is 2. The summed E-state index contributed by atoms with van der Waals surface area (Å²) in [4.78, 5) is 23.9. The molecule has 0 heterocycles. The maximum atomic E-state index is 12.0. The molecule has 0 aliphatic heterocycles. The quantitative estimate of drug-likeness (QED) is 0.746. The van der Waals surface area contributed by atoms with Gasteiger partial charge in [0.2, 0.25) is 0 Å². The molecule has 0 aliphatic rings. The zero-order chi connectivity index (χ0) is 18.4. The molecule has 0 saturated heterocycles. The van der Waals surface area contributed by atoms with Crippen molar-refractivity contribution in [1.29, 1.82) is 0 Å². The lowest BCUT2D eigenvalue weighted by Gasteiger charge is -2.12. The number of aryl methyl sites for hydroxylation is 1. The minimum Gasteiger partial charge on any atom is -0.483 e. The van der Waals surface area contributed by atoms with E-state index in [1.807, 2.05) is 37.3 Å². The molecule has 2 N–H and O–H groups in total. The largest absolute Gasteiger partial charge is 0.483 e. The van der Waals surface area contributed by atoms with Crippen molar-refractivity contribution < 1.29 is 14.3 Å². The Hall–Kier alpha value is -2.34. The first-order valence-corrected chi connectivity index (χ1v) is 8.75. The molecule has 132 valence electrons. The molecule has 0 spiro atoms. The van der Waals surface area contributed by atoms with Crippen LogP contribution in [0.2, 0.25) is 0 Å². The number of hydrogen-bond donors (Lipinski definition) is 2. The van der Waals surface area contributed by atoms with Crippen LogP contribution in [0.4, 0.5) is 0 Å². The lowest BCUT2D eigenvalue weighted by Crippen LogP contribution is -2.44. The number of carbonyl (C=O) groups is 2. The monoisotopic (exact) mass is 404 g/mol. The molecule has 25 heavy (non-hydrogen) atoms. The van der Waals surface area contributed by atoms with Crippen LogP contribution < -0.4 is 15.6 Å². The molecule has 0 fully saturated rings. The first-order chi connectivity index (χ1) is 11.9. The topological polar surface area (TPSA) is 67.4 Å². The van der Waals surface area contributed by atoms with E-state index >= 15 is 0 Å². The molecule has 0 atom stereocenters. The molecule has 2 amide bonds. The van der Waals surface area contributed by atoms with Crippen LogP contribution in [0.1, 0.15) is 41.3 Å². The zero-order valence-electron chi connectivity index (χ0n) is 14.4. The Bertz CT molecular complexity index is 775. The molecule has 2 aromatic carbocycles. The van der Waals surface area contributed by atoms with E-state index in [4.69, 9.17) is 4.74 Å². The Labute approximate surface area is 155 Å². The number of carbonyl (C=O) groups excluding carboxylic acids is 2. The third-order valence-electron chi connectivity index (χ3n) is 3.69. The fourth-order valence-electron chi connectivity index (χ4n) is 2.19. The molecule has 0 radical (unpaired) electrons. The van der Waals surface area contributed by atoms with Crippen LogP contribution in [0.5, 0.6) is 5.75 Å². The smallest absolute Gasteiger partial charge is 0.276 e. The van der Waals surface area contributed by atoms with Crippen LogP contribution in [-0.4, -0.2) is 18.4 Å². The zero-order valence-corrected chi connectivity index (χ0v) is 16.0. The highest BCUT2D eigenvalue weighted by Crippen LogP contribution is 2.28. The van der Waals surface area contributed by atoms with Crippen molar-refractivity contribution >= 4 is 27.7 Å².